The molecule has 2 fully saturated rings. The number of piperidine rings is 1. The first-order chi connectivity index (χ1) is 10.8. The molecule has 0 bridgehead atoms. The van der Waals surface area contributed by atoms with Crippen LogP contribution in [0.3, 0.4) is 0 Å². The van der Waals surface area contributed by atoms with Gasteiger partial charge in [0, 0.05) is 12.0 Å². The van der Waals surface area contributed by atoms with Crippen LogP contribution in [0.2, 0.25) is 0 Å². The minimum atomic E-state index is 0.246. The molecule has 1 N–H and O–H groups in total. The molecule has 1 amide bonds. The van der Waals surface area contributed by atoms with Crippen LogP contribution in [0, 0.1) is 5.92 Å². The largest absolute Gasteiger partial charge is 0.332 e. The number of hydrogen-bond donors (Lipinski definition) is 1. The van der Waals surface area contributed by atoms with Crippen LogP contribution in [0.15, 0.2) is 24.3 Å². The fourth-order valence-electron chi connectivity index (χ4n) is 4.24. The van der Waals surface area contributed by atoms with Crippen molar-refractivity contribution in [1.29, 1.82) is 0 Å². The highest BCUT2D eigenvalue weighted by atomic mass is 16.2. The molecule has 1 saturated carbocycles. The minimum absolute atomic E-state index is 0.246. The zero-order valence-corrected chi connectivity index (χ0v) is 13.3. The zero-order chi connectivity index (χ0) is 14.9. The highest BCUT2D eigenvalue weighted by molar-refractivity contribution is 5.80. The van der Waals surface area contributed by atoms with Crippen molar-refractivity contribution in [2.45, 2.75) is 57.0 Å². The fourth-order valence-corrected chi connectivity index (χ4v) is 4.24. The van der Waals surface area contributed by atoms with Crippen molar-refractivity contribution < 1.29 is 4.79 Å². The van der Waals surface area contributed by atoms with Gasteiger partial charge < -0.3 is 10.2 Å². The van der Waals surface area contributed by atoms with Crippen LogP contribution in [0.4, 0.5) is 0 Å². The second-order valence-corrected chi connectivity index (χ2v) is 7.11. The highest BCUT2D eigenvalue weighted by Gasteiger charge is 2.41. The molecular weight excluding hydrogens is 272 g/mol. The molecule has 1 unspecified atom stereocenters. The molecule has 22 heavy (non-hydrogen) atoms. The van der Waals surface area contributed by atoms with E-state index >= 15 is 0 Å². The topological polar surface area (TPSA) is 32.3 Å². The molecule has 3 nitrogen and oxygen atoms in total. The van der Waals surface area contributed by atoms with Gasteiger partial charge >= 0.3 is 0 Å². The molecule has 3 aliphatic rings. The lowest BCUT2D eigenvalue weighted by molar-refractivity contribution is -0.140. The monoisotopic (exact) mass is 298 g/mol. The summed E-state index contributed by atoms with van der Waals surface area (Å²) in [4.78, 5) is 15.5. The van der Waals surface area contributed by atoms with Crippen molar-refractivity contribution in [3.63, 3.8) is 0 Å². The number of rotatable bonds is 3. The number of amides is 1. The van der Waals surface area contributed by atoms with Crippen LogP contribution < -0.4 is 5.32 Å². The van der Waals surface area contributed by atoms with Crippen molar-refractivity contribution in [3.05, 3.63) is 35.4 Å². The van der Waals surface area contributed by atoms with Gasteiger partial charge in [0.15, 0.2) is 0 Å². The second-order valence-electron chi connectivity index (χ2n) is 7.11. The van der Waals surface area contributed by atoms with E-state index in [4.69, 9.17) is 0 Å². The van der Waals surface area contributed by atoms with E-state index in [0.717, 1.165) is 32.4 Å². The lowest BCUT2D eigenvalue weighted by Gasteiger charge is -2.39. The van der Waals surface area contributed by atoms with E-state index in [1.54, 1.807) is 0 Å². The summed E-state index contributed by atoms with van der Waals surface area (Å²) in [6.45, 7) is 1.99. The summed E-state index contributed by atoms with van der Waals surface area (Å²) in [5, 5.41) is 3.38. The third kappa shape index (κ3) is 2.67. The zero-order valence-electron chi connectivity index (χ0n) is 13.3. The van der Waals surface area contributed by atoms with Crippen LogP contribution in [0.5, 0.6) is 0 Å². The number of carbonyl (C=O) groups is 1. The lowest BCUT2D eigenvalue weighted by atomic mass is 9.85. The molecule has 1 aromatic rings. The van der Waals surface area contributed by atoms with Crippen molar-refractivity contribution in [2.75, 3.05) is 13.1 Å². The normalized spacial score (nSPS) is 25.5. The van der Waals surface area contributed by atoms with Crippen LogP contribution in [0.25, 0.3) is 0 Å². The molecule has 3 heteroatoms. The van der Waals surface area contributed by atoms with E-state index in [1.165, 1.54) is 36.8 Å². The number of nitrogens with zero attached hydrogens (tertiary/aromatic N) is 1. The van der Waals surface area contributed by atoms with Gasteiger partial charge in [-0.3, -0.25) is 4.79 Å². The van der Waals surface area contributed by atoms with E-state index in [2.05, 4.69) is 34.5 Å². The van der Waals surface area contributed by atoms with Crippen molar-refractivity contribution in [3.8, 4) is 0 Å². The molecule has 0 spiro atoms. The number of carbonyl (C=O) groups excluding carboxylic acids is 1. The Labute approximate surface area is 133 Å². The van der Waals surface area contributed by atoms with Gasteiger partial charge in [-0.15, -0.1) is 0 Å². The SMILES string of the molecule is O=C(C1CCNCC1)N(C1CC1)C1CCCc2ccccc21. The average molecular weight is 298 g/mol. The van der Waals surface area contributed by atoms with Gasteiger partial charge in [-0.25, -0.2) is 0 Å². The number of aryl methyl sites for hydroxylation is 1. The number of fused-ring (bicyclic) bond motifs is 1. The Morgan fingerprint density at radius 3 is 2.59 bits per heavy atom. The number of benzene rings is 1. The molecule has 2 aliphatic carbocycles. The third-order valence-electron chi connectivity index (χ3n) is 5.56. The minimum Gasteiger partial charge on any atom is -0.332 e. The Bertz CT molecular complexity index is 546. The van der Waals surface area contributed by atoms with Crippen molar-refractivity contribution in [1.82, 2.24) is 10.2 Å². The summed E-state index contributed by atoms with van der Waals surface area (Å²) in [7, 11) is 0. The van der Waals surface area contributed by atoms with Gasteiger partial charge in [-0.05, 0) is 69.2 Å². The van der Waals surface area contributed by atoms with Crippen LogP contribution in [-0.2, 0) is 11.2 Å². The van der Waals surface area contributed by atoms with Crippen molar-refractivity contribution in [2.24, 2.45) is 5.92 Å². The van der Waals surface area contributed by atoms with Gasteiger partial charge in [0.25, 0.3) is 0 Å². The standard InChI is InChI=1S/C19H26N2O/c22-19(15-10-12-20-13-11-15)21(16-8-9-16)18-7-3-5-14-4-1-2-6-17(14)18/h1-2,4,6,15-16,18,20H,3,5,7-13H2. The predicted molar refractivity (Wildman–Crippen MR) is 87.6 cm³/mol. The summed E-state index contributed by atoms with van der Waals surface area (Å²) >= 11 is 0. The van der Waals surface area contributed by atoms with Gasteiger partial charge in [0.1, 0.15) is 0 Å². The maximum absolute atomic E-state index is 13.2. The van der Waals surface area contributed by atoms with Gasteiger partial charge in [0.2, 0.25) is 5.91 Å². The molecule has 1 heterocycles. The quantitative estimate of drug-likeness (QED) is 0.930. The number of nitrogens with one attached hydrogen (secondary N) is 1. The van der Waals surface area contributed by atoms with Gasteiger partial charge in [-0.1, -0.05) is 24.3 Å². The second kappa shape index (κ2) is 6.04. The molecule has 1 saturated heterocycles. The van der Waals surface area contributed by atoms with Crippen LogP contribution in [-0.4, -0.2) is 29.9 Å². The summed E-state index contributed by atoms with van der Waals surface area (Å²) in [6.07, 6.45) is 7.96. The summed E-state index contributed by atoms with van der Waals surface area (Å²) in [5.41, 5.74) is 2.88. The lowest BCUT2D eigenvalue weighted by Crippen LogP contribution is -2.44. The maximum atomic E-state index is 13.2. The van der Waals surface area contributed by atoms with E-state index in [-0.39, 0.29) is 5.92 Å². The third-order valence-corrected chi connectivity index (χ3v) is 5.56. The predicted octanol–water partition coefficient (Wildman–Crippen LogP) is 3.05. The molecule has 0 radical (unpaired) electrons. The summed E-state index contributed by atoms with van der Waals surface area (Å²) in [5.74, 6) is 0.682. The molecule has 1 aliphatic heterocycles. The Morgan fingerprint density at radius 2 is 1.82 bits per heavy atom. The Balaban J connectivity index is 1.61. The Kier molecular flexibility index (Phi) is 3.91. The van der Waals surface area contributed by atoms with Gasteiger partial charge in [0.05, 0.1) is 6.04 Å². The molecule has 118 valence electrons. The van der Waals surface area contributed by atoms with E-state index in [0.29, 0.717) is 18.0 Å². The summed E-state index contributed by atoms with van der Waals surface area (Å²) < 4.78 is 0. The van der Waals surface area contributed by atoms with E-state index < -0.39 is 0 Å². The fraction of sp³-hybridized carbons (Fsp3) is 0.632. The molecule has 4 rings (SSSR count). The Hall–Kier alpha value is -1.35. The molecular formula is C19H26N2O. The van der Waals surface area contributed by atoms with Gasteiger partial charge in [-0.2, -0.15) is 0 Å². The molecule has 1 atom stereocenters. The molecule has 1 aromatic carbocycles. The van der Waals surface area contributed by atoms with Crippen LogP contribution >= 0.6 is 0 Å². The first kappa shape index (κ1) is 14.3. The highest BCUT2D eigenvalue weighted by Crippen LogP contribution is 2.42. The van der Waals surface area contributed by atoms with E-state index in [1.807, 2.05) is 0 Å². The maximum Gasteiger partial charge on any atom is 0.226 e. The summed E-state index contributed by atoms with van der Waals surface area (Å²) in [6, 6.07) is 9.62. The Morgan fingerprint density at radius 1 is 1.05 bits per heavy atom. The average Bonchev–Trinajstić information content (AvgIpc) is 3.41. The number of hydrogen-bond acceptors (Lipinski definition) is 2. The first-order valence-electron chi connectivity index (χ1n) is 8.95. The van der Waals surface area contributed by atoms with Crippen LogP contribution in [0.1, 0.15) is 55.7 Å². The smallest absolute Gasteiger partial charge is 0.226 e. The molecule has 0 aromatic heterocycles. The first-order valence-corrected chi connectivity index (χ1v) is 8.95. The van der Waals surface area contributed by atoms with E-state index in [9.17, 15) is 4.79 Å². The van der Waals surface area contributed by atoms with Crippen molar-refractivity contribution >= 4 is 5.91 Å².